The molecule has 9 heteroatoms. The average molecular weight is 418 g/mol. The molecule has 0 aliphatic heterocycles. The second-order valence-electron chi connectivity index (χ2n) is 5.82. The monoisotopic (exact) mass is 418 g/mol. The summed E-state index contributed by atoms with van der Waals surface area (Å²) in [5.74, 6) is -1.55. The third kappa shape index (κ3) is 5.02. The van der Waals surface area contributed by atoms with Crippen molar-refractivity contribution in [2.45, 2.75) is 4.90 Å². The molecule has 3 rings (SSSR count). The maximum Gasteiger partial charge on any atom is 0.259 e. The van der Waals surface area contributed by atoms with Crippen LogP contribution >= 0.6 is 0 Å². The average Bonchev–Trinajstić information content (AvgIpc) is 2.70. The lowest BCUT2D eigenvalue weighted by Crippen LogP contribution is -2.15. The molecule has 0 saturated heterocycles. The molecule has 1 atom stereocenters. The number of halogens is 2. The van der Waals surface area contributed by atoms with E-state index < -0.39 is 28.9 Å². The van der Waals surface area contributed by atoms with Crippen molar-refractivity contribution in [3.05, 3.63) is 77.9 Å². The van der Waals surface area contributed by atoms with E-state index in [4.69, 9.17) is 14.6 Å². The van der Waals surface area contributed by atoms with Crippen molar-refractivity contribution >= 4 is 23.0 Å². The van der Waals surface area contributed by atoms with Gasteiger partial charge in [-0.3, -0.25) is 4.79 Å². The summed E-state index contributed by atoms with van der Waals surface area (Å²) in [4.78, 5) is 13.0. The molecule has 0 aromatic heterocycles. The minimum Gasteiger partial charge on any atom is -0.593 e. The number of benzene rings is 3. The van der Waals surface area contributed by atoms with Crippen LogP contribution in [-0.2, 0) is 11.4 Å². The predicted molar refractivity (Wildman–Crippen MR) is 104 cm³/mol. The Morgan fingerprint density at radius 3 is 2.38 bits per heavy atom. The smallest absolute Gasteiger partial charge is 0.259 e. The van der Waals surface area contributed by atoms with E-state index in [0.717, 1.165) is 18.2 Å². The van der Waals surface area contributed by atoms with Gasteiger partial charge in [0.2, 0.25) is 0 Å². The van der Waals surface area contributed by atoms with Crippen LogP contribution in [0.5, 0.6) is 17.2 Å². The van der Waals surface area contributed by atoms with Gasteiger partial charge >= 0.3 is 0 Å². The van der Waals surface area contributed by atoms with Gasteiger partial charge in [0, 0.05) is 17.8 Å². The van der Waals surface area contributed by atoms with E-state index in [1.54, 1.807) is 18.2 Å². The van der Waals surface area contributed by atoms with E-state index >= 15 is 0 Å². The third-order valence-corrected chi connectivity index (χ3v) is 4.57. The van der Waals surface area contributed by atoms with Gasteiger partial charge in [-0.1, -0.05) is 6.07 Å². The van der Waals surface area contributed by atoms with Gasteiger partial charge in [0.15, 0.2) is 16.4 Å². The van der Waals surface area contributed by atoms with Gasteiger partial charge in [-0.25, -0.2) is 8.78 Å². The number of hydrogen-bond acceptors (Lipinski definition) is 5. The Hall–Kier alpha value is -3.14. The minimum absolute atomic E-state index is 0.0346. The first-order valence-electron chi connectivity index (χ1n) is 8.26. The fourth-order valence-corrected chi connectivity index (χ4v) is 2.97. The third-order valence-electron chi connectivity index (χ3n) is 3.86. The summed E-state index contributed by atoms with van der Waals surface area (Å²) in [5.41, 5.74) is 0.219. The van der Waals surface area contributed by atoms with Crippen LogP contribution in [0.4, 0.5) is 14.5 Å². The topological polar surface area (TPSA) is 96.6 Å². The second-order valence-corrected chi connectivity index (χ2v) is 6.88. The summed E-state index contributed by atoms with van der Waals surface area (Å²) in [6, 6.07) is 13.2. The molecule has 0 heterocycles. The number of nitrogens with one attached hydrogen (secondary N) is 1. The summed E-state index contributed by atoms with van der Waals surface area (Å²) in [6.07, 6.45) is 0. The first kappa shape index (κ1) is 20.6. The van der Waals surface area contributed by atoms with Gasteiger partial charge in [-0.15, -0.1) is 5.14 Å². The van der Waals surface area contributed by atoms with Crippen LogP contribution in [0.3, 0.4) is 0 Å². The van der Waals surface area contributed by atoms with Crippen LogP contribution in [0.25, 0.3) is 0 Å². The maximum atomic E-state index is 13.8. The Balaban J connectivity index is 1.91. The summed E-state index contributed by atoms with van der Waals surface area (Å²) in [7, 11) is 1.34. The Morgan fingerprint density at radius 2 is 1.69 bits per heavy atom. The Kier molecular flexibility index (Phi) is 6.32. The fourth-order valence-electron chi connectivity index (χ4n) is 2.51. The number of methoxy groups -OCH3 is 1. The largest absolute Gasteiger partial charge is 0.593 e. The highest BCUT2D eigenvalue weighted by Gasteiger charge is 2.18. The molecule has 0 saturated carbocycles. The van der Waals surface area contributed by atoms with Crippen molar-refractivity contribution in [3.8, 4) is 17.2 Å². The number of hydrogen-bond donors (Lipinski definition) is 2. The first-order chi connectivity index (χ1) is 13.9. The highest BCUT2D eigenvalue weighted by atomic mass is 32.2. The van der Waals surface area contributed by atoms with Crippen LogP contribution in [0.1, 0.15) is 10.4 Å². The molecule has 0 aliphatic rings. The normalized spacial score (nSPS) is 11.6. The molecule has 6 nitrogen and oxygen atoms in total. The number of anilines is 1. The molecule has 1 unspecified atom stereocenters. The summed E-state index contributed by atoms with van der Waals surface area (Å²) in [6.45, 7) is 0. The summed E-state index contributed by atoms with van der Waals surface area (Å²) >= 11 is -1.72. The number of rotatable bonds is 6. The van der Waals surface area contributed by atoms with Gasteiger partial charge < -0.3 is 19.3 Å². The van der Waals surface area contributed by atoms with Crippen molar-refractivity contribution in [2.75, 3.05) is 12.4 Å². The molecule has 0 radical (unpaired) electrons. The van der Waals surface area contributed by atoms with Crippen molar-refractivity contribution in [2.24, 2.45) is 5.14 Å². The lowest BCUT2D eigenvalue weighted by molar-refractivity contribution is 0.102. The molecule has 0 bridgehead atoms. The van der Waals surface area contributed by atoms with Crippen LogP contribution in [0.2, 0.25) is 0 Å². The zero-order valence-electron chi connectivity index (χ0n) is 15.1. The van der Waals surface area contributed by atoms with E-state index in [2.05, 4.69) is 5.32 Å². The first-order valence-corrected chi connectivity index (χ1v) is 9.47. The molecule has 0 aliphatic carbocycles. The van der Waals surface area contributed by atoms with Crippen LogP contribution in [-0.4, -0.2) is 17.6 Å². The van der Waals surface area contributed by atoms with Crippen LogP contribution < -0.4 is 19.9 Å². The second kappa shape index (κ2) is 8.91. The SMILES string of the molecule is COc1cc(F)ccc1Oc1ccc(F)cc1C(=O)Nc1cccc([S+](N)[O-])c1. The van der Waals surface area contributed by atoms with Crippen LogP contribution in [0, 0.1) is 11.6 Å². The van der Waals surface area contributed by atoms with E-state index in [1.165, 1.54) is 31.4 Å². The highest BCUT2D eigenvalue weighted by Crippen LogP contribution is 2.34. The van der Waals surface area contributed by atoms with Gasteiger partial charge in [0.05, 0.1) is 24.0 Å². The molecule has 0 spiro atoms. The molecule has 3 aromatic rings. The fraction of sp³-hybridized carbons (Fsp3) is 0.0500. The molecule has 3 N–H and O–H groups in total. The summed E-state index contributed by atoms with van der Waals surface area (Å²) < 4.78 is 49.3. The predicted octanol–water partition coefficient (Wildman–Crippen LogP) is 4.00. The van der Waals surface area contributed by atoms with Gasteiger partial charge in [0.1, 0.15) is 17.4 Å². The van der Waals surface area contributed by atoms with Crippen molar-refractivity contribution < 1.29 is 27.6 Å². The van der Waals surface area contributed by atoms with Crippen molar-refractivity contribution in [1.29, 1.82) is 0 Å². The number of carbonyl (C=O) groups is 1. The van der Waals surface area contributed by atoms with Gasteiger partial charge in [-0.2, -0.15) is 0 Å². The Bertz CT molecular complexity index is 1050. The molecule has 0 fully saturated rings. The maximum absolute atomic E-state index is 13.8. The summed E-state index contributed by atoms with van der Waals surface area (Å²) in [5, 5.41) is 7.92. The standard InChI is InChI=1S/C20H16F2N2O4S/c1-27-19-10-13(22)6-8-18(19)28-17-7-5-12(21)9-16(17)20(25)24-14-3-2-4-15(11-14)29(23)26/h2-11H,23H2,1H3,(H,24,25). The van der Waals surface area contributed by atoms with Gasteiger partial charge in [0.25, 0.3) is 5.91 Å². The number of carbonyl (C=O) groups excluding carboxylic acids is 1. The molecular formula is C20H16F2N2O4S. The van der Waals surface area contributed by atoms with Crippen molar-refractivity contribution in [3.63, 3.8) is 0 Å². The number of amides is 1. The quantitative estimate of drug-likeness (QED) is 0.590. The highest BCUT2D eigenvalue weighted by molar-refractivity contribution is 7.89. The van der Waals surface area contributed by atoms with Gasteiger partial charge in [-0.05, 0) is 42.5 Å². The molecule has 29 heavy (non-hydrogen) atoms. The molecule has 1 amide bonds. The zero-order valence-corrected chi connectivity index (χ0v) is 16.0. The van der Waals surface area contributed by atoms with E-state index in [1.807, 2.05) is 0 Å². The van der Waals surface area contributed by atoms with E-state index in [0.29, 0.717) is 10.6 Å². The van der Waals surface area contributed by atoms with Crippen molar-refractivity contribution in [1.82, 2.24) is 0 Å². The molecule has 150 valence electrons. The molecule has 3 aromatic carbocycles. The number of nitrogens with two attached hydrogens (primary N) is 1. The van der Waals surface area contributed by atoms with E-state index in [9.17, 15) is 18.1 Å². The van der Waals surface area contributed by atoms with Crippen LogP contribution in [0.15, 0.2) is 65.6 Å². The zero-order chi connectivity index (χ0) is 21.0. The minimum atomic E-state index is -1.72. The Labute approximate surface area is 168 Å². The number of ether oxygens (including phenoxy) is 2. The molecular weight excluding hydrogens is 402 g/mol. The Morgan fingerprint density at radius 1 is 1.00 bits per heavy atom. The van der Waals surface area contributed by atoms with E-state index in [-0.39, 0.29) is 22.8 Å². The lowest BCUT2D eigenvalue weighted by atomic mass is 10.1. The lowest BCUT2D eigenvalue weighted by Gasteiger charge is -2.14.